The molecule has 0 aliphatic rings. The van der Waals surface area contributed by atoms with Crippen LogP contribution in [0.2, 0.25) is 0 Å². The Balaban J connectivity index is 1.79. The molecule has 34 heavy (non-hydrogen) atoms. The van der Waals surface area contributed by atoms with E-state index in [1.165, 1.54) is 9.21 Å². The monoisotopic (exact) mass is 479 g/mol. The van der Waals surface area contributed by atoms with Gasteiger partial charge in [-0.3, -0.25) is 13.9 Å². The number of hydrogen-bond acceptors (Lipinski definition) is 4. The number of carbonyl (C=O) groups is 2. The maximum Gasteiger partial charge on any atom is 0.264 e. The van der Waals surface area contributed by atoms with Gasteiger partial charge in [0.05, 0.1) is 10.6 Å². The second kappa shape index (κ2) is 10.5. The summed E-state index contributed by atoms with van der Waals surface area (Å²) in [6, 6.07) is 20.6. The molecule has 0 spiro atoms. The van der Waals surface area contributed by atoms with Crippen molar-refractivity contribution in [2.24, 2.45) is 5.73 Å². The lowest BCUT2D eigenvalue weighted by Gasteiger charge is -2.26. The van der Waals surface area contributed by atoms with Crippen molar-refractivity contribution in [1.82, 2.24) is 4.90 Å². The highest BCUT2D eigenvalue weighted by atomic mass is 32.2. The van der Waals surface area contributed by atoms with Crippen molar-refractivity contribution in [3.8, 4) is 0 Å². The molecule has 3 aromatic rings. The molecular weight excluding hydrogens is 450 g/mol. The number of aryl methyl sites for hydroxylation is 2. The van der Waals surface area contributed by atoms with E-state index in [9.17, 15) is 18.0 Å². The Morgan fingerprint density at radius 3 is 2.06 bits per heavy atom. The van der Waals surface area contributed by atoms with Crippen LogP contribution in [0.15, 0.2) is 77.7 Å². The molecule has 0 heterocycles. The smallest absolute Gasteiger partial charge is 0.264 e. The van der Waals surface area contributed by atoms with Gasteiger partial charge in [-0.2, -0.15) is 0 Å². The molecule has 0 fully saturated rings. The normalized spacial score (nSPS) is 11.1. The molecule has 0 saturated carbocycles. The molecule has 0 aliphatic carbocycles. The standard InChI is InChI=1S/C26H29N3O4S/c1-19-7-11-23(12-8-19)29(34(32,33)24-13-9-20(2)10-14-24)16-15-25(30)28(3)18-21-5-4-6-22(17-21)26(27)31/h4-14,17H,15-16,18H2,1-3H3,(H2,27,31). The lowest BCUT2D eigenvalue weighted by Crippen LogP contribution is -2.36. The summed E-state index contributed by atoms with van der Waals surface area (Å²) >= 11 is 0. The highest BCUT2D eigenvalue weighted by molar-refractivity contribution is 7.92. The van der Waals surface area contributed by atoms with E-state index in [0.29, 0.717) is 11.3 Å². The van der Waals surface area contributed by atoms with Crippen molar-refractivity contribution < 1.29 is 18.0 Å². The molecule has 0 radical (unpaired) electrons. The van der Waals surface area contributed by atoms with Crippen LogP contribution >= 0.6 is 0 Å². The van der Waals surface area contributed by atoms with Crippen LogP contribution in [0.1, 0.15) is 33.5 Å². The average molecular weight is 480 g/mol. The van der Waals surface area contributed by atoms with E-state index in [-0.39, 0.29) is 30.3 Å². The van der Waals surface area contributed by atoms with Crippen molar-refractivity contribution in [3.63, 3.8) is 0 Å². The first-order valence-corrected chi connectivity index (χ1v) is 12.3. The number of anilines is 1. The fourth-order valence-electron chi connectivity index (χ4n) is 3.51. The van der Waals surface area contributed by atoms with E-state index in [1.54, 1.807) is 67.7 Å². The number of benzene rings is 3. The Morgan fingerprint density at radius 1 is 0.882 bits per heavy atom. The van der Waals surface area contributed by atoms with Gasteiger partial charge in [-0.05, 0) is 55.8 Å². The first-order chi connectivity index (χ1) is 16.1. The number of carbonyl (C=O) groups excluding carboxylic acids is 2. The van der Waals surface area contributed by atoms with E-state index in [2.05, 4.69) is 0 Å². The van der Waals surface area contributed by atoms with E-state index < -0.39 is 15.9 Å². The molecule has 0 aliphatic heterocycles. The van der Waals surface area contributed by atoms with Gasteiger partial charge in [0, 0.05) is 32.1 Å². The van der Waals surface area contributed by atoms with Crippen LogP contribution in [0.5, 0.6) is 0 Å². The topological polar surface area (TPSA) is 101 Å². The van der Waals surface area contributed by atoms with Crippen LogP contribution in [-0.2, 0) is 21.4 Å². The highest BCUT2D eigenvalue weighted by Gasteiger charge is 2.26. The van der Waals surface area contributed by atoms with Crippen LogP contribution in [-0.4, -0.2) is 38.7 Å². The molecule has 3 aromatic carbocycles. The van der Waals surface area contributed by atoms with Gasteiger partial charge in [-0.15, -0.1) is 0 Å². The molecule has 3 rings (SSSR count). The Kier molecular flexibility index (Phi) is 7.73. The van der Waals surface area contributed by atoms with Gasteiger partial charge in [0.1, 0.15) is 0 Å². The Morgan fingerprint density at radius 2 is 1.47 bits per heavy atom. The highest BCUT2D eigenvalue weighted by Crippen LogP contribution is 2.25. The maximum absolute atomic E-state index is 13.5. The summed E-state index contributed by atoms with van der Waals surface area (Å²) in [7, 11) is -2.23. The fourth-order valence-corrected chi connectivity index (χ4v) is 4.98. The lowest BCUT2D eigenvalue weighted by atomic mass is 10.1. The molecular formula is C26H29N3O4S. The summed E-state index contributed by atoms with van der Waals surface area (Å²) in [6.07, 6.45) is -0.00895. The molecule has 2 N–H and O–H groups in total. The van der Waals surface area contributed by atoms with Crippen molar-refractivity contribution in [2.75, 3.05) is 17.9 Å². The van der Waals surface area contributed by atoms with Crippen molar-refractivity contribution in [1.29, 1.82) is 0 Å². The van der Waals surface area contributed by atoms with Crippen molar-refractivity contribution in [3.05, 3.63) is 95.1 Å². The Labute approximate surface area is 200 Å². The predicted molar refractivity (Wildman–Crippen MR) is 133 cm³/mol. The zero-order valence-electron chi connectivity index (χ0n) is 19.6. The second-order valence-electron chi connectivity index (χ2n) is 8.29. The molecule has 0 atom stereocenters. The van der Waals surface area contributed by atoms with Gasteiger partial charge in [0.2, 0.25) is 11.8 Å². The molecule has 0 unspecified atom stereocenters. The maximum atomic E-state index is 13.5. The molecule has 0 saturated heterocycles. The van der Waals surface area contributed by atoms with Gasteiger partial charge >= 0.3 is 0 Å². The SMILES string of the molecule is Cc1ccc(N(CCC(=O)N(C)Cc2cccc(C(N)=O)c2)S(=O)(=O)c2ccc(C)cc2)cc1. The molecule has 178 valence electrons. The summed E-state index contributed by atoms with van der Waals surface area (Å²) < 4.78 is 28.2. The van der Waals surface area contributed by atoms with Gasteiger partial charge in [0.25, 0.3) is 10.0 Å². The van der Waals surface area contributed by atoms with Crippen molar-refractivity contribution in [2.45, 2.75) is 31.7 Å². The number of amides is 2. The summed E-state index contributed by atoms with van der Waals surface area (Å²) in [5.41, 5.74) is 8.92. The summed E-state index contributed by atoms with van der Waals surface area (Å²) in [4.78, 5) is 26.0. The zero-order valence-corrected chi connectivity index (χ0v) is 20.4. The predicted octanol–water partition coefficient (Wildman–Crippen LogP) is 3.65. The Bertz CT molecular complexity index is 1270. The van der Waals surface area contributed by atoms with E-state index in [0.717, 1.165) is 16.7 Å². The molecule has 2 amide bonds. The number of sulfonamides is 1. The van der Waals surface area contributed by atoms with Gasteiger partial charge in [0.15, 0.2) is 0 Å². The first-order valence-electron chi connectivity index (χ1n) is 10.9. The molecule has 8 heteroatoms. The summed E-state index contributed by atoms with van der Waals surface area (Å²) in [5, 5.41) is 0. The van der Waals surface area contributed by atoms with Gasteiger partial charge in [-0.1, -0.05) is 47.5 Å². The number of nitrogens with zero attached hydrogens (tertiary/aromatic N) is 2. The van der Waals surface area contributed by atoms with Crippen LogP contribution in [0, 0.1) is 13.8 Å². The third-order valence-electron chi connectivity index (χ3n) is 5.52. The van der Waals surface area contributed by atoms with Crippen LogP contribution in [0.25, 0.3) is 0 Å². The number of nitrogens with two attached hydrogens (primary N) is 1. The third-order valence-corrected chi connectivity index (χ3v) is 7.36. The molecule has 0 aromatic heterocycles. The minimum absolute atomic E-state index is 0.00895. The summed E-state index contributed by atoms with van der Waals surface area (Å²) in [5.74, 6) is -0.758. The first kappa shape index (κ1) is 25.0. The Hall–Kier alpha value is -3.65. The van der Waals surface area contributed by atoms with Crippen LogP contribution < -0.4 is 10.0 Å². The second-order valence-corrected chi connectivity index (χ2v) is 10.2. The summed E-state index contributed by atoms with van der Waals surface area (Å²) in [6.45, 7) is 4.08. The minimum atomic E-state index is -3.87. The van der Waals surface area contributed by atoms with Gasteiger partial charge in [-0.25, -0.2) is 8.42 Å². The third kappa shape index (κ3) is 6.02. The zero-order chi connectivity index (χ0) is 24.9. The number of hydrogen-bond donors (Lipinski definition) is 1. The average Bonchev–Trinajstić information content (AvgIpc) is 2.80. The minimum Gasteiger partial charge on any atom is -0.366 e. The van der Waals surface area contributed by atoms with Gasteiger partial charge < -0.3 is 10.6 Å². The van der Waals surface area contributed by atoms with Crippen LogP contribution in [0.3, 0.4) is 0 Å². The largest absolute Gasteiger partial charge is 0.366 e. The fraction of sp³-hybridized carbons (Fsp3) is 0.231. The van der Waals surface area contributed by atoms with Crippen molar-refractivity contribution >= 4 is 27.5 Å². The number of primary amides is 1. The quantitative estimate of drug-likeness (QED) is 0.506. The van der Waals surface area contributed by atoms with E-state index in [4.69, 9.17) is 5.73 Å². The van der Waals surface area contributed by atoms with E-state index >= 15 is 0 Å². The molecule has 0 bridgehead atoms. The lowest BCUT2D eigenvalue weighted by molar-refractivity contribution is -0.130. The number of rotatable bonds is 9. The molecule has 7 nitrogen and oxygen atoms in total. The van der Waals surface area contributed by atoms with E-state index in [1.807, 2.05) is 26.0 Å². The van der Waals surface area contributed by atoms with Crippen LogP contribution in [0.4, 0.5) is 5.69 Å².